The number of unbranched alkanes of at least 4 members (excludes halogenated alkanes) is 1. The van der Waals surface area contributed by atoms with E-state index in [2.05, 4.69) is 36.1 Å². The van der Waals surface area contributed by atoms with Gasteiger partial charge in [-0.25, -0.2) is 9.97 Å². The Morgan fingerprint density at radius 2 is 2.11 bits per heavy atom. The van der Waals surface area contributed by atoms with Crippen LogP contribution in [0.15, 0.2) is 6.33 Å². The summed E-state index contributed by atoms with van der Waals surface area (Å²) < 4.78 is 5.48. The zero-order valence-electron chi connectivity index (χ0n) is 11.6. The van der Waals surface area contributed by atoms with Crippen molar-refractivity contribution in [3.8, 4) is 0 Å². The normalized spacial score (nSPS) is 10.9. The number of hydrogen-bond acceptors (Lipinski definition) is 5. The Morgan fingerprint density at radius 1 is 1.33 bits per heavy atom. The van der Waals surface area contributed by atoms with Crippen molar-refractivity contribution in [2.75, 3.05) is 24.2 Å². The van der Waals surface area contributed by atoms with Crippen LogP contribution < -0.4 is 11.1 Å². The Balaban J connectivity index is 2.29. The van der Waals surface area contributed by atoms with Crippen LogP contribution >= 0.6 is 0 Å². The van der Waals surface area contributed by atoms with E-state index in [9.17, 15) is 0 Å². The highest BCUT2D eigenvalue weighted by molar-refractivity contribution is 5.54. The molecule has 0 aliphatic heterocycles. The largest absolute Gasteiger partial charge is 0.383 e. The summed E-state index contributed by atoms with van der Waals surface area (Å²) in [4.78, 5) is 8.22. The standard InChI is InChI=1S/C13H24N4O/c1-4-11-12(14)16-9-17-13(11)15-7-5-6-8-18-10(2)3/h9-10H,4-8H2,1-3H3,(H3,14,15,16,17). The van der Waals surface area contributed by atoms with Gasteiger partial charge in [0, 0.05) is 18.7 Å². The number of anilines is 2. The monoisotopic (exact) mass is 252 g/mol. The van der Waals surface area contributed by atoms with Crippen molar-refractivity contribution in [3.63, 3.8) is 0 Å². The molecule has 0 saturated carbocycles. The summed E-state index contributed by atoms with van der Waals surface area (Å²) in [6, 6.07) is 0. The SMILES string of the molecule is CCc1c(N)ncnc1NCCCCOC(C)C. The van der Waals surface area contributed by atoms with Crippen molar-refractivity contribution in [3.05, 3.63) is 11.9 Å². The van der Waals surface area contributed by atoms with E-state index < -0.39 is 0 Å². The molecular weight excluding hydrogens is 228 g/mol. The van der Waals surface area contributed by atoms with Gasteiger partial charge in [-0.3, -0.25) is 0 Å². The minimum absolute atomic E-state index is 0.311. The summed E-state index contributed by atoms with van der Waals surface area (Å²) in [6.45, 7) is 7.85. The molecular formula is C13H24N4O. The van der Waals surface area contributed by atoms with E-state index in [-0.39, 0.29) is 0 Å². The maximum atomic E-state index is 5.81. The fraction of sp³-hybridized carbons (Fsp3) is 0.692. The first-order valence-corrected chi connectivity index (χ1v) is 6.60. The molecule has 18 heavy (non-hydrogen) atoms. The molecule has 0 atom stereocenters. The average Bonchev–Trinajstić information content (AvgIpc) is 2.33. The van der Waals surface area contributed by atoms with Crippen LogP contribution in [0.4, 0.5) is 11.6 Å². The van der Waals surface area contributed by atoms with Gasteiger partial charge in [0.05, 0.1) is 6.10 Å². The van der Waals surface area contributed by atoms with E-state index in [1.54, 1.807) is 0 Å². The lowest BCUT2D eigenvalue weighted by molar-refractivity contribution is 0.0765. The number of nitrogen functional groups attached to an aromatic ring is 1. The summed E-state index contributed by atoms with van der Waals surface area (Å²) in [5, 5.41) is 3.31. The van der Waals surface area contributed by atoms with Crippen molar-refractivity contribution in [2.24, 2.45) is 0 Å². The Hall–Kier alpha value is -1.36. The molecule has 5 heteroatoms. The second kappa shape index (κ2) is 7.87. The van der Waals surface area contributed by atoms with Crippen molar-refractivity contribution < 1.29 is 4.74 Å². The first-order chi connectivity index (χ1) is 8.65. The zero-order valence-corrected chi connectivity index (χ0v) is 11.6. The van der Waals surface area contributed by atoms with Gasteiger partial charge < -0.3 is 15.8 Å². The highest BCUT2D eigenvalue weighted by Gasteiger charge is 2.05. The minimum atomic E-state index is 0.311. The maximum Gasteiger partial charge on any atom is 0.134 e. The second-order valence-corrected chi connectivity index (χ2v) is 4.49. The third kappa shape index (κ3) is 4.87. The number of rotatable bonds is 8. The van der Waals surface area contributed by atoms with Crippen LogP contribution in [0.2, 0.25) is 0 Å². The molecule has 1 aromatic heterocycles. The van der Waals surface area contributed by atoms with Gasteiger partial charge in [-0.1, -0.05) is 6.92 Å². The van der Waals surface area contributed by atoms with Crippen molar-refractivity contribution >= 4 is 11.6 Å². The number of nitrogens with one attached hydrogen (secondary N) is 1. The van der Waals surface area contributed by atoms with E-state index in [0.717, 1.165) is 43.8 Å². The molecule has 102 valence electrons. The van der Waals surface area contributed by atoms with Crippen molar-refractivity contribution in [2.45, 2.75) is 46.1 Å². The summed E-state index contributed by atoms with van der Waals surface area (Å²) in [7, 11) is 0. The molecule has 0 unspecified atom stereocenters. The summed E-state index contributed by atoms with van der Waals surface area (Å²) in [5.41, 5.74) is 6.80. The fourth-order valence-corrected chi connectivity index (χ4v) is 1.68. The summed E-state index contributed by atoms with van der Waals surface area (Å²) in [5.74, 6) is 1.42. The molecule has 0 spiro atoms. The predicted molar refractivity (Wildman–Crippen MR) is 74.6 cm³/mol. The van der Waals surface area contributed by atoms with E-state index >= 15 is 0 Å². The molecule has 0 aliphatic carbocycles. The van der Waals surface area contributed by atoms with Gasteiger partial charge in [-0.2, -0.15) is 0 Å². The van der Waals surface area contributed by atoms with Gasteiger partial charge in [0.25, 0.3) is 0 Å². The minimum Gasteiger partial charge on any atom is -0.383 e. The number of aromatic nitrogens is 2. The molecule has 0 saturated heterocycles. The maximum absolute atomic E-state index is 5.81. The molecule has 0 aliphatic rings. The summed E-state index contributed by atoms with van der Waals surface area (Å²) in [6.07, 6.45) is 4.75. The molecule has 0 amide bonds. The van der Waals surface area contributed by atoms with Gasteiger partial charge in [-0.05, 0) is 33.1 Å². The number of nitrogens with two attached hydrogens (primary N) is 1. The molecule has 1 heterocycles. The highest BCUT2D eigenvalue weighted by Crippen LogP contribution is 2.17. The van der Waals surface area contributed by atoms with Crippen molar-refractivity contribution in [1.82, 2.24) is 9.97 Å². The Morgan fingerprint density at radius 3 is 2.78 bits per heavy atom. The number of ether oxygens (including phenoxy) is 1. The van der Waals surface area contributed by atoms with Gasteiger partial charge in [-0.15, -0.1) is 0 Å². The second-order valence-electron chi connectivity index (χ2n) is 4.49. The first-order valence-electron chi connectivity index (χ1n) is 6.60. The van der Waals surface area contributed by atoms with E-state index in [4.69, 9.17) is 10.5 Å². The van der Waals surface area contributed by atoms with Gasteiger partial charge in [0.15, 0.2) is 0 Å². The van der Waals surface area contributed by atoms with Gasteiger partial charge >= 0.3 is 0 Å². The molecule has 0 aromatic carbocycles. The Bertz CT molecular complexity index is 355. The van der Waals surface area contributed by atoms with E-state index in [0.29, 0.717) is 11.9 Å². The number of hydrogen-bond donors (Lipinski definition) is 2. The lowest BCUT2D eigenvalue weighted by Crippen LogP contribution is -2.10. The highest BCUT2D eigenvalue weighted by atomic mass is 16.5. The predicted octanol–water partition coefficient (Wildman–Crippen LogP) is 2.24. The summed E-state index contributed by atoms with van der Waals surface area (Å²) >= 11 is 0. The van der Waals surface area contributed by atoms with Crippen LogP contribution in [0.5, 0.6) is 0 Å². The third-order valence-corrected chi connectivity index (χ3v) is 2.65. The third-order valence-electron chi connectivity index (χ3n) is 2.65. The van der Waals surface area contributed by atoms with Crippen LogP contribution in [-0.4, -0.2) is 29.2 Å². The lowest BCUT2D eigenvalue weighted by atomic mass is 10.2. The van der Waals surface area contributed by atoms with Crippen molar-refractivity contribution in [1.29, 1.82) is 0 Å². The van der Waals surface area contributed by atoms with E-state index in [1.807, 2.05) is 0 Å². The molecule has 0 fully saturated rings. The lowest BCUT2D eigenvalue weighted by Gasteiger charge is -2.11. The Kier molecular flexibility index (Phi) is 6.43. The molecule has 0 radical (unpaired) electrons. The van der Waals surface area contributed by atoms with Crippen LogP contribution in [0.1, 0.15) is 39.2 Å². The first kappa shape index (κ1) is 14.7. The van der Waals surface area contributed by atoms with Crippen LogP contribution in [0.25, 0.3) is 0 Å². The van der Waals surface area contributed by atoms with Crippen LogP contribution in [0.3, 0.4) is 0 Å². The molecule has 0 bridgehead atoms. The molecule has 1 rings (SSSR count). The molecule has 1 aromatic rings. The van der Waals surface area contributed by atoms with Crippen LogP contribution in [-0.2, 0) is 11.2 Å². The van der Waals surface area contributed by atoms with E-state index in [1.165, 1.54) is 6.33 Å². The molecule has 5 nitrogen and oxygen atoms in total. The Labute approximate surface area is 109 Å². The number of nitrogens with zero attached hydrogens (tertiary/aromatic N) is 2. The van der Waals surface area contributed by atoms with Gasteiger partial charge in [0.1, 0.15) is 18.0 Å². The quantitative estimate of drug-likeness (QED) is 0.694. The topological polar surface area (TPSA) is 73.1 Å². The van der Waals surface area contributed by atoms with Crippen LogP contribution in [0, 0.1) is 0 Å². The van der Waals surface area contributed by atoms with Gasteiger partial charge in [0.2, 0.25) is 0 Å². The fourth-order valence-electron chi connectivity index (χ4n) is 1.68. The zero-order chi connectivity index (χ0) is 13.4. The average molecular weight is 252 g/mol. The smallest absolute Gasteiger partial charge is 0.134 e. The molecule has 3 N–H and O–H groups in total.